The molecule has 1 rings (SSSR count). The molecule has 0 aliphatic rings. The summed E-state index contributed by atoms with van der Waals surface area (Å²) in [6, 6.07) is 4.40. The van der Waals surface area contributed by atoms with Crippen LogP contribution in [0.1, 0.15) is 45.4 Å². The van der Waals surface area contributed by atoms with E-state index in [4.69, 9.17) is 0 Å². The molecule has 1 amide bonds. The highest BCUT2D eigenvalue weighted by atomic mass is 32.1. The Morgan fingerprint density at radius 2 is 2.18 bits per heavy atom. The molecule has 0 radical (unpaired) electrons. The fraction of sp³-hybridized carbons (Fsp3) is 0.643. The molecule has 0 spiro atoms. The van der Waals surface area contributed by atoms with E-state index in [9.17, 15) is 4.79 Å². The van der Waals surface area contributed by atoms with Crippen LogP contribution >= 0.6 is 11.3 Å². The molecule has 1 atom stereocenters. The van der Waals surface area contributed by atoms with Gasteiger partial charge in [0.05, 0.1) is 0 Å². The highest BCUT2D eigenvalue weighted by Crippen LogP contribution is 2.18. The van der Waals surface area contributed by atoms with Gasteiger partial charge >= 0.3 is 0 Å². The highest BCUT2D eigenvalue weighted by molar-refractivity contribution is 7.09. The first-order chi connectivity index (χ1) is 7.89. The number of aryl methyl sites for hydroxylation is 1. The molecule has 1 unspecified atom stereocenters. The van der Waals surface area contributed by atoms with Crippen molar-refractivity contribution in [2.45, 2.75) is 53.0 Å². The summed E-state index contributed by atoms with van der Waals surface area (Å²) in [6.07, 6.45) is 2.57. The quantitative estimate of drug-likeness (QED) is 0.853. The Morgan fingerprint density at radius 3 is 2.71 bits per heavy atom. The molecule has 0 saturated carbocycles. The van der Waals surface area contributed by atoms with Gasteiger partial charge in [-0.05, 0) is 36.6 Å². The van der Waals surface area contributed by atoms with Crippen LogP contribution in [-0.4, -0.2) is 11.9 Å². The fourth-order valence-corrected chi connectivity index (χ4v) is 2.16. The van der Waals surface area contributed by atoms with E-state index in [0.717, 1.165) is 12.8 Å². The molecule has 1 N–H and O–H groups in total. The lowest BCUT2D eigenvalue weighted by Gasteiger charge is -2.28. The summed E-state index contributed by atoms with van der Waals surface area (Å²) in [5.74, 6) is 0.170. The van der Waals surface area contributed by atoms with Crippen molar-refractivity contribution in [3.05, 3.63) is 22.4 Å². The van der Waals surface area contributed by atoms with Crippen LogP contribution in [0.15, 0.2) is 17.5 Å². The van der Waals surface area contributed by atoms with Crippen molar-refractivity contribution < 1.29 is 4.79 Å². The van der Waals surface area contributed by atoms with Crippen LogP contribution in [-0.2, 0) is 11.2 Å². The Labute approximate surface area is 108 Å². The number of hydrogen-bond acceptors (Lipinski definition) is 2. The molecule has 0 saturated heterocycles. The Hall–Kier alpha value is -0.830. The van der Waals surface area contributed by atoms with Crippen molar-refractivity contribution in [2.75, 3.05) is 0 Å². The number of amides is 1. The number of thiophene rings is 1. The van der Waals surface area contributed by atoms with Gasteiger partial charge in [0, 0.05) is 17.3 Å². The smallest absolute Gasteiger partial charge is 0.220 e. The Kier molecular flexibility index (Phi) is 5.19. The van der Waals surface area contributed by atoms with Gasteiger partial charge in [0.15, 0.2) is 0 Å². The maximum absolute atomic E-state index is 11.7. The van der Waals surface area contributed by atoms with Crippen molar-refractivity contribution in [3.63, 3.8) is 0 Å². The molecule has 1 aromatic rings. The van der Waals surface area contributed by atoms with E-state index in [1.807, 2.05) is 0 Å². The van der Waals surface area contributed by atoms with Crippen molar-refractivity contribution in [2.24, 2.45) is 5.41 Å². The topological polar surface area (TPSA) is 29.1 Å². The molecule has 1 aromatic heterocycles. The third kappa shape index (κ3) is 5.35. The van der Waals surface area contributed by atoms with E-state index in [-0.39, 0.29) is 17.4 Å². The van der Waals surface area contributed by atoms with E-state index in [1.54, 1.807) is 11.3 Å². The largest absolute Gasteiger partial charge is 0.353 e. The molecule has 2 nitrogen and oxygen atoms in total. The molecule has 3 heteroatoms. The number of carbonyl (C=O) groups excluding carboxylic acids is 1. The average molecular weight is 253 g/mol. The lowest BCUT2D eigenvalue weighted by molar-refractivity contribution is -0.122. The SMILES string of the molecule is CC(NC(=O)CCCc1cccs1)C(C)(C)C. The van der Waals surface area contributed by atoms with Gasteiger partial charge in [-0.2, -0.15) is 0 Å². The average Bonchev–Trinajstić information content (AvgIpc) is 2.69. The molecule has 0 bridgehead atoms. The summed E-state index contributed by atoms with van der Waals surface area (Å²) in [6.45, 7) is 8.49. The molecule has 17 heavy (non-hydrogen) atoms. The van der Waals surface area contributed by atoms with Gasteiger partial charge in [-0.1, -0.05) is 26.8 Å². The van der Waals surface area contributed by atoms with E-state index in [2.05, 4.69) is 50.5 Å². The monoisotopic (exact) mass is 253 g/mol. The molecule has 96 valence electrons. The molecule has 0 aliphatic heterocycles. The zero-order chi connectivity index (χ0) is 12.9. The van der Waals surface area contributed by atoms with Crippen LogP contribution in [0.5, 0.6) is 0 Å². The Balaban J connectivity index is 2.22. The third-order valence-electron chi connectivity index (χ3n) is 3.08. The molecule has 0 aromatic carbocycles. The second-order valence-corrected chi connectivity index (χ2v) is 6.62. The molecular formula is C14H23NOS. The first kappa shape index (κ1) is 14.2. The van der Waals surface area contributed by atoms with Crippen LogP contribution < -0.4 is 5.32 Å². The van der Waals surface area contributed by atoms with Gasteiger partial charge in [0.25, 0.3) is 0 Å². The van der Waals surface area contributed by atoms with Crippen LogP contribution in [0.4, 0.5) is 0 Å². The lowest BCUT2D eigenvalue weighted by Crippen LogP contribution is -2.41. The first-order valence-electron chi connectivity index (χ1n) is 6.21. The summed E-state index contributed by atoms with van der Waals surface area (Å²) < 4.78 is 0. The minimum absolute atomic E-state index is 0.128. The van der Waals surface area contributed by atoms with Crippen molar-refractivity contribution in [1.29, 1.82) is 0 Å². The number of nitrogens with one attached hydrogen (secondary N) is 1. The van der Waals surface area contributed by atoms with Crippen molar-refractivity contribution >= 4 is 17.2 Å². The summed E-state index contributed by atoms with van der Waals surface area (Å²) in [4.78, 5) is 13.1. The Morgan fingerprint density at radius 1 is 1.47 bits per heavy atom. The Bertz CT molecular complexity index is 338. The maximum Gasteiger partial charge on any atom is 0.220 e. The summed E-state index contributed by atoms with van der Waals surface area (Å²) in [7, 11) is 0. The van der Waals surface area contributed by atoms with Gasteiger partial charge in [-0.25, -0.2) is 0 Å². The predicted molar refractivity (Wildman–Crippen MR) is 74.3 cm³/mol. The second kappa shape index (κ2) is 6.20. The highest BCUT2D eigenvalue weighted by Gasteiger charge is 2.21. The number of rotatable bonds is 5. The van der Waals surface area contributed by atoms with Crippen LogP contribution in [0.3, 0.4) is 0 Å². The number of carbonyl (C=O) groups is 1. The van der Waals surface area contributed by atoms with E-state index in [0.29, 0.717) is 6.42 Å². The van der Waals surface area contributed by atoms with Gasteiger partial charge in [-0.3, -0.25) is 4.79 Å². The lowest BCUT2D eigenvalue weighted by atomic mass is 9.88. The molecular weight excluding hydrogens is 230 g/mol. The minimum Gasteiger partial charge on any atom is -0.353 e. The summed E-state index contributed by atoms with van der Waals surface area (Å²) in [5, 5.41) is 5.14. The number of hydrogen-bond donors (Lipinski definition) is 1. The molecule has 0 aliphatic carbocycles. The zero-order valence-electron chi connectivity index (χ0n) is 11.2. The molecule has 0 fully saturated rings. The first-order valence-corrected chi connectivity index (χ1v) is 7.09. The van der Waals surface area contributed by atoms with Gasteiger partial charge in [0.2, 0.25) is 5.91 Å². The molecule has 1 heterocycles. The maximum atomic E-state index is 11.7. The summed E-state index contributed by atoms with van der Waals surface area (Å²) >= 11 is 1.76. The summed E-state index contributed by atoms with van der Waals surface area (Å²) in [5.41, 5.74) is 0.128. The van der Waals surface area contributed by atoms with Gasteiger partial charge < -0.3 is 5.32 Å². The van der Waals surface area contributed by atoms with Crippen molar-refractivity contribution in [1.82, 2.24) is 5.32 Å². The van der Waals surface area contributed by atoms with E-state index in [1.165, 1.54) is 4.88 Å². The van der Waals surface area contributed by atoms with E-state index < -0.39 is 0 Å². The second-order valence-electron chi connectivity index (χ2n) is 5.59. The standard InChI is InChI=1S/C14H23NOS/c1-11(14(2,3)4)15-13(16)9-5-7-12-8-6-10-17-12/h6,8,10-11H,5,7,9H2,1-4H3,(H,15,16). The minimum atomic E-state index is 0.128. The van der Waals surface area contributed by atoms with Crippen molar-refractivity contribution in [3.8, 4) is 0 Å². The van der Waals surface area contributed by atoms with E-state index >= 15 is 0 Å². The fourth-order valence-electron chi connectivity index (χ4n) is 1.41. The predicted octanol–water partition coefficient (Wildman–Crippen LogP) is 3.62. The van der Waals surface area contributed by atoms with Crippen LogP contribution in [0.2, 0.25) is 0 Å². The normalized spacial score (nSPS) is 13.4. The van der Waals surface area contributed by atoms with Crippen LogP contribution in [0.25, 0.3) is 0 Å². The van der Waals surface area contributed by atoms with Crippen LogP contribution in [0, 0.1) is 5.41 Å². The van der Waals surface area contributed by atoms with Gasteiger partial charge in [-0.15, -0.1) is 11.3 Å². The zero-order valence-corrected chi connectivity index (χ0v) is 12.1. The third-order valence-corrected chi connectivity index (χ3v) is 4.02. The van der Waals surface area contributed by atoms with Gasteiger partial charge in [0.1, 0.15) is 0 Å².